The fraction of sp³-hybridized carbons (Fsp3) is 0.0833. The number of benzene rings is 1. The molecule has 0 aliphatic rings. The fourth-order valence-corrected chi connectivity index (χ4v) is 1.79. The van der Waals surface area contributed by atoms with Gasteiger partial charge in [0.15, 0.2) is 0 Å². The summed E-state index contributed by atoms with van der Waals surface area (Å²) in [7, 11) is 0. The summed E-state index contributed by atoms with van der Waals surface area (Å²) in [5.41, 5.74) is 1.20. The molecule has 0 aliphatic carbocycles. The van der Waals surface area contributed by atoms with Crippen molar-refractivity contribution in [1.82, 2.24) is 0 Å². The Balaban J connectivity index is 0.000000187. The van der Waals surface area contributed by atoms with Crippen molar-refractivity contribution < 1.29 is 0 Å². The number of rotatable bonds is 2. The van der Waals surface area contributed by atoms with Crippen molar-refractivity contribution in [3.05, 3.63) is 58.8 Å². The Morgan fingerprint density at radius 3 is 2.20 bits per heavy atom. The van der Waals surface area contributed by atoms with Crippen molar-refractivity contribution in [2.45, 2.75) is 5.75 Å². The molecule has 0 unspecified atom stereocenters. The maximum absolute atomic E-state index is 8.24. The third kappa shape index (κ3) is 5.95. The minimum absolute atomic E-state index is 0.789. The van der Waals surface area contributed by atoms with Crippen molar-refractivity contribution in [2.75, 3.05) is 0 Å². The smallest absolute Gasteiger partial charge is 0.133 e. The molecule has 0 aliphatic heterocycles. The molecule has 0 bridgehead atoms. The lowest BCUT2D eigenvalue weighted by Gasteiger charge is -1.92. The molecule has 0 fully saturated rings. The Morgan fingerprint density at radius 1 is 1.07 bits per heavy atom. The zero-order chi connectivity index (χ0) is 10.8. The van der Waals surface area contributed by atoms with E-state index in [2.05, 4.69) is 0 Å². The highest BCUT2D eigenvalue weighted by atomic mass is 32.2. The quantitative estimate of drug-likeness (QED) is 0.728. The van der Waals surface area contributed by atoms with E-state index in [1.807, 2.05) is 58.6 Å². The third-order valence-corrected chi connectivity index (χ3v) is 2.81. The van der Waals surface area contributed by atoms with Gasteiger partial charge < -0.3 is 0 Å². The molecule has 1 nitrogen and oxygen atoms in total. The van der Waals surface area contributed by atoms with Crippen LogP contribution in [0.3, 0.4) is 0 Å². The molecule has 15 heavy (non-hydrogen) atoms. The first kappa shape index (κ1) is 11.8. The van der Waals surface area contributed by atoms with Gasteiger partial charge in [-0.05, 0) is 28.1 Å². The van der Waals surface area contributed by atoms with Gasteiger partial charge in [0.25, 0.3) is 0 Å². The SMILES string of the molecule is N#CSCc1ccccc1.c1ccsc1. The molecule has 1 aromatic carbocycles. The van der Waals surface area contributed by atoms with Gasteiger partial charge in [-0.25, -0.2) is 0 Å². The second-order valence-corrected chi connectivity index (χ2v) is 4.24. The largest absolute Gasteiger partial charge is 0.185 e. The van der Waals surface area contributed by atoms with E-state index in [9.17, 15) is 0 Å². The van der Waals surface area contributed by atoms with Gasteiger partial charge in [0, 0.05) is 5.75 Å². The molecule has 1 heterocycles. The number of thioether (sulfide) groups is 1. The van der Waals surface area contributed by atoms with E-state index in [1.165, 1.54) is 17.3 Å². The first-order valence-electron chi connectivity index (χ1n) is 4.45. The van der Waals surface area contributed by atoms with Crippen LogP contribution in [0.1, 0.15) is 5.56 Å². The molecule has 0 saturated carbocycles. The summed E-state index contributed by atoms with van der Waals surface area (Å²) in [6, 6.07) is 14.0. The monoisotopic (exact) mass is 233 g/mol. The summed E-state index contributed by atoms with van der Waals surface area (Å²) in [5.74, 6) is 0.789. The average Bonchev–Trinajstić information content (AvgIpc) is 2.86. The molecule has 1 aromatic heterocycles. The van der Waals surface area contributed by atoms with E-state index in [0.717, 1.165) is 5.75 Å². The molecule has 2 aromatic rings. The van der Waals surface area contributed by atoms with E-state index < -0.39 is 0 Å². The number of nitriles is 1. The van der Waals surface area contributed by atoms with Gasteiger partial charge in [0.1, 0.15) is 5.40 Å². The Bertz CT molecular complexity index is 359. The maximum atomic E-state index is 8.24. The lowest BCUT2D eigenvalue weighted by Crippen LogP contribution is -1.74. The molecule has 0 spiro atoms. The van der Waals surface area contributed by atoms with E-state index in [-0.39, 0.29) is 0 Å². The van der Waals surface area contributed by atoms with Gasteiger partial charge in [0.2, 0.25) is 0 Å². The minimum atomic E-state index is 0.789. The normalized spacial score (nSPS) is 8.47. The molecule has 3 heteroatoms. The fourth-order valence-electron chi connectivity index (χ4n) is 0.917. The average molecular weight is 233 g/mol. The first-order valence-corrected chi connectivity index (χ1v) is 6.38. The third-order valence-electron chi connectivity index (χ3n) is 1.57. The van der Waals surface area contributed by atoms with Gasteiger partial charge >= 0.3 is 0 Å². The van der Waals surface area contributed by atoms with E-state index in [0.29, 0.717) is 0 Å². The summed E-state index contributed by atoms with van der Waals surface area (Å²) in [6.07, 6.45) is 0. The highest BCUT2D eigenvalue weighted by molar-refractivity contribution is 8.02. The van der Waals surface area contributed by atoms with Crippen LogP contribution in [0.25, 0.3) is 0 Å². The number of nitrogens with zero attached hydrogens (tertiary/aromatic N) is 1. The number of thiocyanates is 1. The number of hydrogen-bond acceptors (Lipinski definition) is 3. The standard InChI is InChI=1S/C8H7NS.C4H4S/c9-7-10-6-8-4-2-1-3-5-8;1-2-4-5-3-1/h1-5H,6H2;1-4H. The molecular formula is C12H11NS2. The second-order valence-electron chi connectivity index (χ2n) is 2.66. The Hall–Kier alpha value is -1.24. The Kier molecular flexibility index (Phi) is 6.39. The van der Waals surface area contributed by atoms with Gasteiger partial charge in [-0.3, -0.25) is 0 Å². The summed E-state index contributed by atoms with van der Waals surface area (Å²) < 4.78 is 0. The molecule has 0 N–H and O–H groups in total. The van der Waals surface area contributed by atoms with Crippen LogP contribution in [0, 0.1) is 10.7 Å². The van der Waals surface area contributed by atoms with Crippen LogP contribution in [-0.2, 0) is 5.75 Å². The highest BCUT2D eigenvalue weighted by Crippen LogP contribution is 2.08. The maximum Gasteiger partial charge on any atom is 0.133 e. The lowest BCUT2D eigenvalue weighted by atomic mass is 10.2. The molecule has 0 atom stereocenters. The van der Waals surface area contributed by atoms with Crippen LogP contribution in [0.4, 0.5) is 0 Å². The molecule has 0 amide bonds. The highest BCUT2D eigenvalue weighted by Gasteiger charge is 1.88. The topological polar surface area (TPSA) is 23.8 Å². The molecule has 0 saturated heterocycles. The molecule has 76 valence electrons. The Morgan fingerprint density at radius 2 is 1.73 bits per heavy atom. The molecular weight excluding hydrogens is 222 g/mol. The second kappa shape index (κ2) is 8.10. The van der Waals surface area contributed by atoms with E-state index >= 15 is 0 Å². The predicted molar refractivity (Wildman–Crippen MR) is 67.7 cm³/mol. The zero-order valence-electron chi connectivity index (χ0n) is 8.17. The van der Waals surface area contributed by atoms with Gasteiger partial charge in [0.05, 0.1) is 0 Å². The number of thiophene rings is 1. The van der Waals surface area contributed by atoms with E-state index in [4.69, 9.17) is 5.26 Å². The van der Waals surface area contributed by atoms with Crippen LogP contribution in [0.15, 0.2) is 53.2 Å². The van der Waals surface area contributed by atoms with Crippen LogP contribution >= 0.6 is 23.1 Å². The zero-order valence-corrected chi connectivity index (χ0v) is 9.80. The van der Waals surface area contributed by atoms with Crippen LogP contribution in [0.5, 0.6) is 0 Å². The van der Waals surface area contributed by atoms with Crippen molar-refractivity contribution in [3.63, 3.8) is 0 Å². The Labute approximate surface area is 98.4 Å². The summed E-state index contributed by atoms with van der Waals surface area (Å²) >= 11 is 2.98. The molecule has 2 rings (SSSR count). The van der Waals surface area contributed by atoms with Crippen molar-refractivity contribution >= 4 is 23.1 Å². The van der Waals surface area contributed by atoms with Crippen LogP contribution < -0.4 is 0 Å². The summed E-state index contributed by atoms with van der Waals surface area (Å²) in [5, 5.41) is 14.4. The van der Waals surface area contributed by atoms with E-state index in [1.54, 1.807) is 11.3 Å². The number of hydrogen-bond donors (Lipinski definition) is 0. The van der Waals surface area contributed by atoms with Crippen molar-refractivity contribution in [3.8, 4) is 5.40 Å². The van der Waals surface area contributed by atoms with Crippen molar-refractivity contribution in [1.29, 1.82) is 5.26 Å². The van der Waals surface area contributed by atoms with Gasteiger partial charge in [-0.1, -0.05) is 42.5 Å². The van der Waals surface area contributed by atoms with Crippen molar-refractivity contribution in [2.24, 2.45) is 0 Å². The predicted octanol–water partition coefficient (Wildman–Crippen LogP) is 4.15. The van der Waals surface area contributed by atoms with Crippen LogP contribution in [-0.4, -0.2) is 0 Å². The minimum Gasteiger partial charge on any atom is -0.185 e. The lowest BCUT2D eigenvalue weighted by molar-refractivity contribution is 1.42. The van der Waals surface area contributed by atoms with Gasteiger partial charge in [-0.2, -0.15) is 16.6 Å². The summed E-state index contributed by atoms with van der Waals surface area (Å²) in [6.45, 7) is 0. The first-order chi connectivity index (χ1) is 7.43. The molecule has 0 radical (unpaired) electrons. The van der Waals surface area contributed by atoms with Crippen LogP contribution in [0.2, 0.25) is 0 Å². The summed E-state index contributed by atoms with van der Waals surface area (Å²) in [4.78, 5) is 0. The van der Waals surface area contributed by atoms with Gasteiger partial charge in [-0.15, -0.1) is 0 Å².